The van der Waals surface area contributed by atoms with Crippen molar-refractivity contribution in [1.29, 1.82) is 0 Å². The van der Waals surface area contributed by atoms with Crippen LogP contribution in [0.15, 0.2) is 36.4 Å². The van der Waals surface area contributed by atoms with Crippen LogP contribution in [0, 0.1) is 0 Å². The van der Waals surface area contributed by atoms with Gasteiger partial charge in [0.15, 0.2) is 11.0 Å². The van der Waals surface area contributed by atoms with Crippen molar-refractivity contribution in [3.8, 4) is 11.5 Å². The number of rotatable bonds is 7. The molecule has 1 atom stereocenters. The van der Waals surface area contributed by atoms with Gasteiger partial charge in [0.2, 0.25) is 0 Å². The molecule has 0 unspecified atom stereocenters. The monoisotopic (exact) mass is 358 g/mol. The van der Waals surface area contributed by atoms with E-state index in [9.17, 15) is 0 Å². The highest BCUT2D eigenvalue weighted by atomic mass is 32.2. The molecule has 1 saturated heterocycles. The molecule has 0 aromatic carbocycles. The molecule has 1 aliphatic rings. The fraction of sp³-hybridized carbons (Fsp3) is 0.556. The van der Waals surface area contributed by atoms with Gasteiger partial charge in [0, 0.05) is 36.8 Å². The summed E-state index contributed by atoms with van der Waals surface area (Å²) in [4.78, 5) is 11.1. The second kappa shape index (κ2) is 8.58. The normalized spacial score (nSPS) is 18.6. The van der Waals surface area contributed by atoms with Crippen molar-refractivity contribution < 1.29 is 0 Å². The molecule has 2 aromatic rings. The number of hydrogen-bond donors (Lipinski definition) is 0. The highest BCUT2D eigenvalue weighted by molar-refractivity contribution is 7.99. The molecule has 2 aromatic heterocycles. The molecule has 6 nitrogen and oxygen atoms in total. The van der Waals surface area contributed by atoms with Gasteiger partial charge in [-0.3, -0.25) is 14.5 Å². The third-order valence-electron chi connectivity index (χ3n) is 4.56. The van der Waals surface area contributed by atoms with Gasteiger partial charge in [-0.15, -0.1) is 16.8 Å². The van der Waals surface area contributed by atoms with Crippen molar-refractivity contribution >= 4 is 11.8 Å². The van der Waals surface area contributed by atoms with E-state index in [0.29, 0.717) is 18.6 Å². The Balaban J connectivity index is 1.76. The molecule has 0 bridgehead atoms. The quantitative estimate of drug-likeness (QED) is 0.559. The minimum Gasteiger partial charge on any atom is -0.297 e. The van der Waals surface area contributed by atoms with Crippen LogP contribution in [-0.2, 0) is 6.54 Å². The molecular weight excluding hydrogens is 332 g/mol. The first-order chi connectivity index (χ1) is 12.2. The summed E-state index contributed by atoms with van der Waals surface area (Å²) in [5.41, 5.74) is 0.741. The van der Waals surface area contributed by atoms with Crippen molar-refractivity contribution in [2.45, 2.75) is 56.9 Å². The number of hydrogen-bond acceptors (Lipinski definition) is 6. The second-order valence-electron chi connectivity index (χ2n) is 6.59. The van der Waals surface area contributed by atoms with Crippen molar-refractivity contribution in [3.63, 3.8) is 0 Å². The maximum absolute atomic E-state index is 4.41. The molecule has 0 aliphatic carbocycles. The lowest BCUT2D eigenvalue weighted by atomic mass is 10.0. The third-order valence-corrected chi connectivity index (χ3v) is 5.67. The van der Waals surface area contributed by atoms with Crippen LogP contribution in [0.3, 0.4) is 0 Å². The van der Waals surface area contributed by atoms with Crippen LogP contribution < -0.4 is 0 Å². The highest BCUT2D eigenvalue weighted by Crippen LogP contribution is 2.27. The van der Waals surface area contributed by atoms with Gasteiger partial charge in [-0.25, -0.2) is 4.98 Å². The Hall–Kier alpha value is -1.73. The van der Waals surface area contributed by atoms with E-state index in [-0.39, 0.29) is 0 Å². The fourth-order valence-electron chi connectivity index (χ4n) is 3.35. The van der Waals surface area contributed by atoms with Crippen molar-refractivity contribution in [2.24, 2.45) is 0 Å². The van der Waals surface area contributed by atoms with Crippen molar-refractivity contribution in [3.05, 3.63) is 31.2 Å². The van der Waals surface area contributed by atoms with E-state index in [1.807, 2.05) is 6.08 Å². The summed E-state index contributed by atoms with van der Waals surface area (Å²) in [7, 11) is 0. The van der Waals surface area contributed by atoms with Gasteiger partial charge in [0.1, 0.15) is 5.69 Å². The average Bonchev–Trinajstić information content (AvgIpc) is 3.04. The molecule has 0 saturated carbocycles. The molecule has 134 valence electrons. The summed E-state index contributed by atoms with van der Waals surface area (Å²) in [5.74, 6) is 1.79. The van der Waals surface area contributed by atoms with Gasteiger partial charge in [0.05, 0.1) is 6.20 Å². The van der Waals surface area contributed by atoms with Crippen LogP contribution in [0.2, 0.25) is 0 Å². The van der Waals surface area contributed by atoms with Crippen molar-refractivity contribution in [1.82, 2.24) is 29.6 Å². The third kappa shape index (κ3) is 4.27. The van der Waals surface area contributed by atoms with Crippen LogP contribution in [-0.4, -0.2) is 54.0 Å². The fourth-order valence-corrected chi connectivity index (χ4v) is 4.46. The number of nitrogens with zero attached hydrogens (tertiary/aromatic N) is 6. The number of likely N-dealkylation sites (tertiary alicyclic amines) is 1. The summed E-state index contributed by atoms with van der Waals surface area (Å²) in [5, 5.41) is 9.68. The largest absolute Gasteiger partial charge is 0.297 e. The van der Waals surface area contributed by atoms with E-state index in [0.717, 1.165) is 22.4 Å². The van der Waals surface area contributed by atoms with E-state index in [1.54, 1.807) is 30.4 Å². The van der Waals surface area contributed by atoms with E-state index < -0.39 is 0 Å². The maximum Gasteiger partial charge on any atom is 0.191 e. The van der Waals surface area contributed by atoms with Crippen LogP contribution in [0.1, 0.15) is 33.1 Å². The van der Waals surface area contributed by atoms with Gasteiger partial charge in [0.25, 0.3) is 0 Å². The number of piperidine rings is 1. The molecule has 1 aliphatic heterocycles. The first kappa shape index (κ1) is 18.1. The van der Waals surface area contributed by atoms with Crippen LogP contribution in [0.5, 0.6) is 0 Å². The Kier molecular flexibility index (Phi) is 6.20. The molecule has 3 heterocycles. The Morgan fingerprint density at radius 1 is 1.32 bits per heavy atom. The topological polar surface area (TPSA) is 59.7 Å². The zero-order valence-electron chi connectivity index (χ0n) is 15.0. The predicted molar refractivity (Wildman–Crippen MR) is 101 cm³/mol. The number of thioether (sulfide) groups is 1. The average molecular weight is 359 g/mol. The standard InChI is InChI=1S/C18H26N6S/c1-4-10-24-17(16-12-19-8-9-20-16)21-22-18(24)25-13-15-7-5-6-11-23(15)14(2)3/h4,8-9,12,14-15H,1,5-7,10-11,13H2,2-3H3/t15-/m1/s1. The minimum absolute atomic E-state index is 0.590. The minimum atomic E-state index is 0.590. The van der Waals surface area contributed by atoms with E-state index in [2.05, 4.69) is 50.1 Å². The molecule has 7 heteroatoms. The molecule has 25 heavy (non-hydrogen) atoms. The Morgan fingerprint density at radius 3 is 2.92 bits per heavy atom. The lowest BCUT2D eigenvalue weighted by Crippen LogP contribution is -2.45. The Bertz CT molecular complexity index is 684. The smallest absolute Gasteiger partial charge is 0.191 e. The first-order valence-electron chi connectivity index (χ1n) is 8.89. The van der Waals surface area contributed by atoms with E-state index in [4.69, 9.17) is 0 Å². The lowest BCUT2D eigenvalue weighted by molar-refractivity contribution is 0.126. The van der Waals surface area contributed by atoms with Gasteiger partial charge >= 0.3 is 0 Å². The summed E-state index contributed by atoms with van der Waals surface area (Å²) in [6.07, 6.45) is 10.8. The zero-order valence-corrected chi connectivity index (χ0v) is 15.8. The molecule has 0 N–H and O–H groups in total. The van der Waals surface area contributed by atoms with Crippen LogP contribution in [0.25, 0.3) is 11.5 Å². The van der Waals surface area contributed by atoms with Gasteiger partial charge < -0.3 is 0 Å². The summed E-state index contributed by atoms with van der Waals surface area (Å²) < 4.78 is 2.07. The van der Waals surface area contributed by atoms with E-state index in [1.165, 1.54) is 25.8 Å². The molecule has 0 spiro atoms. The van der Waals surface area contributed by atoms with Crippen LogP contribution in [0.4, 0.5) is 0 Å². The molecule has 3 rings (SSSR count). The predicted octanol–water partition coefficient (Wildman–Crippen LogP) is 3.28. The van der Waals surface area contributed by atoms with Gasteiger partial charge in [-0.2, -0.15) is 0 Å². The van der Waals surface area contributed by atoms with Gasteiger partial charge in [-0.1, -0.05) is 24.3 Å². The molecular formula is C18H26N6S. The summed E-state index contributed by atoms with van der Waals surface area (Å²) >= 11 is 1.78. The molecule has 1 fully saturated rings. The summed E-state index contributed by atoms with van der Waals surface area (Å²) in [6.45, 7) is 10.3. The zero-order chi connectivity index (χ0) is 17.6. The second-order valence-corrected chi connectivity index (χ2v) is 7.58. The maximum atomic E-state index is 4.41. The van der Waals surface area contributed by atoms with Crippen LogP contribution >= 0.6 is 11.8 Å². The SMILES string of the molecule is C=CCn1c(SC[C@H]2CCCCN2C(C)C)nnc1-c1cnccn1. The Labute approximate surface area is 153 Å². The number of allylic oxidation sites excluding steroid dienone is 1. The lowest BCUT2D eigenvalue weighted by Gasteiger charge is -2.38. The van der Waals surface area contributed by atoms with Gasteiger partial charge in [-0.05, 0) is 33.2 Å². The highest BCUT2D eigenvalue weighted by Gasteiger charge is 2.25. The molecule has 0 radical (unpaired) electrons. The molecule has 0 amide bonds. The van der Waals surface area contributed by atoms with E-state index >= 15 is 0 Å². The first-order valence-corrected chi connectivity index (χ1v) is 9.88. The Morgan fingerprint density at radius 2 is 2.20 bits per heavy atom. The van der Waals surface area contributed by atoms with Crippen molar-refractivity contribution in [2.75, 3.05) is 12.3 Å². The number of aromatic nitrogens is 5. The summed E-state index contributed by atoms with van der Waals surface area (Å²) in [6, 6.07) is 1.19.